The number of benzene rings is 1. The summed E-state index contributed by atoms with van der Waals surface area (Å²) >= 11 is 0. The Morgan fingerprint density at radius 3 is 2.62 bits per heavy atom. The van der Waals surface area contributed by atoms with Gasteiger partial charge in [0.15, 0.2) is 0 Å². The Kier molecular flexibility index (Phi) is 2.07. The maximum absolute atomic E-state index is 5.73. The second kappa shape index (κ2) is 3.70. The quantitative estimate of drug-likeness (QED) is 0.649. The van der Waals surface area contributed by atoms with E-state index in [0.717, 1.165) is 17.3 Å². The van der Waals surface area contributed by atoms with Crippen LogP contribution in [0.5, 0.6) is 11.6 Å². The van der Waals surface area contributed by atoms with Crippen molar-refractivity contribution in [3.05, 3.63) is 60.9 Å². The van der Waals surface area contributed by atoms with E-state index in [4.69, 9.17) is 4.74 Å². The number of rotatable bonds is 2. The van der Waals surface area contributed by atoms with Gasteiger partial charge in [0.2, 0.25) is 5.88 Å². The van der Waals surface area contributed by atoms with Crippen LogP contribution in [-0.2, 0) is 0 Å². The summed E-state index contributed by atoms with van der Waals surface area (Å²) in [4.78, 5) is 4.25. The molecule has 0 aliphatic carbocycles. The largest absolute Gasteiger partial charge is 0.439 e. The van der Waals surface area contributed by atoms with Crippen molar-refractivity contribution in [2.75, 3.05) is 0 Å². The lowest BCUT2D eigenvalue weighted by molar-refractivity contribution is 0.458. The van der Waals surface area contributed by atoms with Crippen LogP contribution in [0, 0.1) is 0 Å². The Bertz CT molecular complexity index is 601. The summed E-state index contributed by atoms with van der Waals surface area (Å²) in [5.74, 6) is 1.54. The fraction of sp³-hybridized carbons (Fsp3) is 0. The zero-order chi connectivity index (χ0) is 10.8. The van der Waals surface area contributed by atoms with Crippen molar-refractivity contribution < 1.29 is 4.74 Å². The molecule has 0 amide bonds. The summed E-state index contributed by atoms with van der Waals surface area (Å²) < 4.78 is 7.64. The molecular formula is C13H10N2O. The topological polar surface area (TPSA) is 26.5 Å². The van der Waals surface area contributed by atoms with Crippen molar-refractivity contribution in [1.82, 2.24) is 9.38 Å². The number of pyridine rings is 1. The third-order valence-corrected chi connectivity index (χ3v) is 2.35. The van der Waals surface area contributed by atoms with Crippen molar-refractivity contribution in [1.29, 1.82) is 0 Å². The number of nitrogens with zero attached hydrogens (tertiary/aromatic N) is 2. The van der Waals surface area contributed by atoms with E-state index in [1.165, 1.54) is 0 Å². The van der Waals surface area contributed by atoms with E-state index in [1.807, 2.05) is 59.1 Å². The number of hydrogen-bond donors (Lipinski definition) is 0. The summed E-state index contributed by atoms with van der Waals surface area (Å²) in [6.45, 7) is 0. The van der Waals surface area contributed by atoms with Crippen LogP contribution in [0.2, 0.25) is 0 Å². The molecule has 0 atom stereocenters. The first-order valence-electron chi connectivity index (χ1n) is 5.08. The lowest BCUT2D eigenvalue weighted by Gasteiger charge is -2.03. The second-order valence-electron chi connectivity index (χ2n) is 3.44. The highest BCUT2D eigenvalue weighted by Gasteiger charge is 2.03. The van der Waals surface area contributed by atoms with Crippen LogP contribution in [0.3, 0.4) is 0 Å². The molecule has 3 rings (SSSR count). The van der Waals surface area contributed by atoms with Gasteiger partial charge in [-0.2, -0.15) is 0 Å². The molecule has 78 valence electrons. The van der Waals surface area contributed by atoms with Gasteiger partial charge >= 0.3 is 0 Å². The molecule has 0 unspecified atom stereocenters. The average molecular weight is 210 g/mol. The molecule has 0 bridgehead atoms. The van der Waals surface area contributed by atoms with E-state index < -0.39 is 0 Å². The fourth-order valence-electron chi connectivity index (χ4n) is 1.59. The second-order valence-corrected chi connectivity index (χ2v) is 3.44. The summed E-state index contributed by atoms with van der Waals surface area (Å²) in [5.41, 5.74) is 0.883. The van der Waals surface area contributed by atoms with Gasteiger partial charge < -0.3 is 4.74 Å². The Labute approximate surface area is 92.9 Å². The van der Waals surface area contributed by atoms with Crippen molar-refractivity contribution in [3.63, 3.8) is 0 Å². The Hall–Kier alpha value is -2.29. The number of fused-ring (bicyclic) bond motifs is 1. The van der Waals surface area contributed by atoms with Gasteiger partial charge in [0.1, 0.15) is 11.4 Å². The molecule has 0 N–H and O–H groups in total. The van der Waals surface area contributed by atoms with Crippen molar-refractivity contribution >= 4 is 5.65 Å². The van der Waals surface area contributed by atoms with Crippen LogP contribution in [-0.4, -0.2) is 9.38 Å². The van der Waals surface area contributed by atoms with Crippen LogP contribution in [0.4, 0.5) is 0 Å². The van der Waals surface area contributed by atoms with Crippen molar-refractivity contribution in [2.24, 2.45) is 0 Å². The maximum atomic E-state index is 5.73. The molecule has 2 aromatic heterocycles. The molecule has 3 heteroatoms. The molecule has 0 spiro atoms. The van der Waals surface area contributed by atoms with Crippen molar-refractivity contribution in [2.45, 2.75) is 0 Å². The summed E-state index contributed by atoms with van der Waals surface area (Å²) in [5, 5.41) is 0. The van der Waals surface area contributed by atoms with Crippen LogP contribution in [0.1, 0.15) is 0 Å². The number of aromatic nitrogens is 2. The molecule has 0 radical (unpaired) electrons. The van der Waals surface area contributed by atoms with Gasteiger partial charge in [-0.1, -0.05) is 24.3 Å². The Morgan fingerprint density at radius 1 is 0.938 bits per heavy atom. The minimum absolute atomic E-state index is 0.724. The first-order valence-corrected chi connectivity index (χ1v) is 5.08. The molecule has 16 heavy (non-hydrogen) atoms. The summed E-state index contributed by atoms with van der Waals surface area (Å²) in [6, 6.07) is 15.5. The highest BCUT2D eigenvalue weighted by Crippen LogP contribution is 2.21. The monoisotopic (exact) mass is 210 g/mol. The lowest BCUT2D eigenvalue weighted by Crippen LogP contribution is -1.89. The van der Waals surface area contributed by atoms with Crippen LogP contribution < -0.4 is 4.74 Å². The number of hydrogen-bond acceptors (Lipinski definition) is 2. The molecular weight excluding hydrogens is 200 g/mol. The standard InChI is InChI=1S/C13H10N2O/c1-2-6-11(7-3-1)16-13-10-14-12-8-4-5-9-15(12)13/h1-10H. The molecule has 0 saturated carbocycles. The number of imidazole rings is 1. The fourth-order valence-corrected chi connectivity index (χ4v) is 1.59. The third-order valence-electron chi connectivity index (χ3n) is 2.35. The minimum Gasteiger partial charge on any atom is -0.439 e. The normalized spacial score (nSPS) is 10.5. The number of para-hydroxylation sites is 1. The molecule has 3 aromatic rings. The molecule has 3 nitrogen and oxygen atoms in total. The Morgan fingerprint density at radius 2 is 1.75 bits per heavy atom. The van der Waals surface area contributed by atoms with E-state index in [0.29, 0.717) is 0 Å². The van der Waals surface area contributed by atoms with Gasteiger partial charge in [0, 0.05) is 6.20 Å². The summed E-state index contributed by atoms with van der Waals surface area (Å²) in [7, 11) is 0. The average Bonchev–Trinajstić information content (AvgIpc) is 2.74. The molecule has 0 saturated heterocycles. The van der Waals surface area contributed by atoms with Crippen LogP contribution in [0.25, 0.3) is 5.65 Å². The predicted molar refractivity (Wildman–Crippen MR) is 61.7 cm³/mol. The molecule has 0 aliphatic heterocycles. The highest BCUT2D eigenvalue weighted by atomic mass is 16.5. The lowest BCUT2D eigenvalue weighted by atomic mass is 10.3. The van der Waals surface area contributed by atoms with E-state index in [9.17, 15) is 0 Å². The number of ether oxygens (including phenoxy) is 1. The van der Waals surface area contributed by atoms with Gasteiger partial charge in [0.25, 0.3) is 0 Å². The zero-order valence-corrected chi connectivity index (χ0v) is 8.58. The van der Waals surface area contributed by atoms with Gasteiger partial charge in [-0.15, -0.1) is 0 Å². The molecule has 0 aliphatic rings. The van der Waals surface area contributed by atoms with E-state index in [1.54, 1.807) is 6.20 Å². The highest BCUT2D eigenvalue weighted by molar-refractivity contribution is 5.42. The predicted octanol–water partition coefficient (Wildman–Crippen LogP) is 3.13. The zero-order valence-electron chi connectivity index (χ0n) is 8.58. The van der Waals surface area contributed by atoms with E-state index in [2.05, 4.69) is 4.98 Å². The van der Waals surface area contributed by atoms with Gasteiger partial charge in [-0.05, 0) is 24.3 Å². The van der Waals surface area contributed by atoms with E-state index >= 15 is 0 Å². The third kappa shape index (κ3) is 1.52. The summed E-state index contributed by atoms with van der Waals surface area (Å²) in [6.07, 6.45) is 3.66. The smallest absolute Gasteiger partial charge is 0.224 e. The minimum atomic E-state index is 0.724. The van der Waals surface area contributed by atoms with Crippen LogP contribution >= 0.6 is 0 Å². The van der Waals surface area contributed by atoms with E-state index in [-0.39, 0.29) is 0 Å². The maximum Gasteiger partial charge on any atom is 0.224 e. The van der Waals surface area contributed by atoms with Gasteiger partial charge in [0.05, 0.1) is 6.20 Å². The molecule has 2 heterocycles. The SMILES string of the molecule is c1ccc(Oc2cnc3ccccn23)cc1. The van der Waals surface area contributed by atoms with Gasteiger partial charge in [-0.25, -0.2) is 4.98 Å². The van der Waals surface area contributed by atoms with Gasteiger partial charge in [-0.3, -0.25) is 4.40 Å². The Balaban J connectivity index is 2.01. The first-order chi connectivity index (χ1) is 7.93. The first kappa shape index (κ1) is 8.97. The van der Waals surface area contributed by atoms with Crippen molar-refractivity contribution in [3.8, 4) is 11.6 Å². The molecule has 0 fully saturated rings. The molecule has 1 aromatic carbocycles. The van der Waals surface area contributed by atoms with Crippen LogP contribution in [0.15, 0.2) is 60.9 Å².